The van der Waals surface area contributed by atoms with E-state index in [1.54, 1.807) is 14.2 Å². The van der Waals surface area contributed by atoms with Crippen LogP contribution in [0.25, 0.3) is 10.2 Å². The van der Waals surface area contributed by atoms with Crippen LogP contribution in [0, 0.1) is 0 Å². The van der Waals surface area contributed by atoms with Crippen molar-refractivity contribution in [1.29, 1.82) is 0 Å². The molecule has 28 heavy (non-hydrogen) atoms. The first-order valence-corrected chi connectivity index (χ1v) is 9.96. The van der Waals surface area contributed by atoms with Crippen LogP contribution < -0.4 is 19.0 Å². The van der Waals surface area contributed by atoms with Gasteiger partial charge in [-0.2, -0.15) is 4.99 Å². The number of nitrogens with zero attached hydrogens (tertiary/aromatic N) is 2. The van der Waals surface area contributed by atoms with Crippen molar-refractivity contribution >= 4 is 27.5 Å². The van der Waals surface area contributed by atoms with Gasteiger partial charge in [0.15, 0.2) is 4.80 Å². The lowest BCUT2D eigenvalue weighted by atomic mass is 10.1. The van der Waals surface area contributed by atoms with Crippen molar-refractivity contribution in [2.45, 2.75) is 26.8 Å². The van der Waals surface area contributed by atoms with E-state index in [2.05, 4.69) is 4.99 Å². The maximum absolute atomic E-state index is 12.6. The number of thiazole rings is 1. The van der Waals surface area contributed by atoms with E-state index in [0.29, 0.717) is 18.0 Å². The number of methoxy groups -OCH3 is 2. The highest BCUT2D eigenvalue weighted by atomic mass is 32.1. The van der Waals surface area contributed by atoms with Crippen LogP contribution in [0.1, 0.15) is 19.4 Å². The van der Waals surface area contributed by atoms with Crippen LogP contribution in [-0.4, -0.2) is 31.3 Å². The monoisotopic (exact) mass is 400 g/mol. The van der Waals surface area contributed by atoms with Crippen LogP contribution in [0.15, 0.2) is 41.4 Å². The minimum absolute atomic E-state index is 0.198. The van der Waals surface area contributed by atoms with Gasteiger partial charge in [0.2, 0.25) is 0 Å². The van der Waals surface area contributed by atoms with E-state index in [4.69, 9.17) is 14.2 Å². The van der Waals surface area contributed by atoms with Crippen LogP contribution in [-0.2, 0) is 17.8 Å². The lowest BCUT2D eigenvalue weighted by Gasteiger charge is -2.08. The number of hydrogen-bond donors (Lipinski definition) is 0. The Hall–Kier alpha value is -2.80. The molecule has 0 aliphatic rings. The second kappa shape index (κ2) is 8.93. The molecule has 0 bridgehead atoms. The number of hydrogen-bond acceptors (Lipinski definition) is 5. The van der Waals surface area contributed by atoms with Gasteiger partial charge in [-0.3, -0.25) is 4.79 Å². The molecule has 0 saturated carbocycles. The SMILES string of the molecule is CCOc1ccc(CC(=O)N=c2sc3c(OC)ccc(OC)c3n2CC)cc1. The van der Waals surface area contributed by atoms with Crippen molar-refractivity contribution in [3.05, 3.63) is 46.8 Å². The molecule has 3 aromatic rings. The molecule has 2 aromatic carbocycles. The van der Waals surface area contributed by atoms with Crippen LogP contribution in [0.2, 0.25) is 0 Å². The molecule has 0 atom stereocenters. The predicted octanol–water partition coefficient (Wildman–Crippen LogP) is 3.81. The average Bonchev–Trinajstić information content (AvgIpc) is 3.06. The maximum atomic E-state index is 12.6. The van der Waals surface area contributed by atoms with Crippen molar-refractivity contribution in [3.8, 4) is 17.2 Å². The number of fused-ring (bicyclic) bond motifs is 1. The highest BCUT2D eigenvalue weighted by Crippen LogP contribution is 2.35. The van der Waals surface area contributed by atoms with E-state index in [1.807, 2.05) is 54.8 Å². The highest BCUT2D eigenvalue weighted by Gasteiger charge is 2.15. The second-order valence-electron chi connectivity index (χ2n) is 6.04. The van der Waals surface area contributed by atoms with Gasteiger partial charge >= 0.3 is 0 Å². The van der Waals surface area contributed by atoms with Gasteiger partial charge in [0, 0.05) is 6.54 Å². The molecule has 0 aliphatic heterocycles. The van der Waals surface area contributed by atoms with E-state index in [9.17, 15) is 4.79 Å². The maximum Gasteiger partial charge on any atom is 0.252 e. The van der Waals surface area contributed by atoms with Gasteiger partial charge in [0.1, 0.15) is 27.5 Å². The zero-order valence-corrected chi connectivity index (χ0v) is 17.3. The topological polar surface area (TPSA) is 62.1 Å². The smallest absolute Gasteiger partial charge is 0.252 e. The standard InChI is InChI=1S/C21H24N2O4S/c1-5-23-19-16(25-3)11-12-17(26-4)20(19)28-21(23)22-18(24)13-14-7-9-15(10-8-14)27-6-2/h7-12H,5-6,13H2,1-4H3. The van der Waals surface area contributed by atoms with Crippen molar-refractivity contribution in [1.82, 2.24) is 4.57 Å². The molecule has 7 heteroatoms. The van der Waals surface area contributed by atoms with E-state index < -0.39 is 0 Å². The molecule has 1 amide bonds. The number of benzene rings is 2. The summed E-state index contributed by atoms with van der Waals surface area (Å²) in [6.07, 6.45) is 0.235. The van der Waals surface area contributed by atoms with Crippen molar-refractivity contribution in [2.24, 2.45) is 4.99 Å². The number of rotatable bonds is 7. The minimum Gasteiger partial charge on any atom is -0.495 e. The van der Waals surface area contributed by atoms with E-state index >= 15 is 0 Å². The van der Waals surface area contributed by atoms with Crippen LogP contribution in [0.3, 0.4) is 0 Å². The van der Waals surface area contributed by atoms with Crippen LogP contribution in [0.5, 0.6) is 17.2 Å². The van der Waals surface area contributed by atoms with Gasteiger partial charge in [-0.25, -0.2) is 0 Å². The Balaban J connectivity index is 1.97. The van der Waals surface area contributed by atoms with Crippen molar-refractivity contribution in [3.63, 3.8) is 0 Å². The summed E-state index contributed by atoms with van der Waals surface area (Å²) in [6.45, 7) is 5.23. The fraction of sp³-hybridized carbons (Fsp3) is 0.333. The molecule has 6 nitrogen and oxygen atoms in total. The summed E-state index contributed by atoms with van der Waals surface area (Å²) in [7, 11) is 3.26. The van der Waals surface area contributed by atoms with Crippen LogP contribution in [0.4, 0.5) is 0 Å². The molecule has 1 heterocycles. The Bertz CT molecular complexity index is 1030. The lowest BCUT2D eigenvalue weighted by molar-refractivity contribution is -0.117. The quantitative estimate of drug-likeness (QED) is 0.605. The third kappa shape index (κ3) is 4.04. The summed E-state index contributed by atoms with van der Waals surface area (Å²) in [5.74, 6) is 2.07. The van der Waals surface area contributed by atoms with E-state index in [-0.39, 0.29) is 12.3 Å². The first-order valence-electron chi connectivity index (χ1n) is 9.14. The molecule has 0 unspecified atom stereocenters. The summed E-state index contributed by atoms with van der Waals surface area (Å²) in [5, 5.41) is 0. The largest absolute Gasteiger partial charge is 0.495 e. The third-order valence-corrected chi connectivity index (χ3v) is 5.41. The Labute approximate surface area is 168 Å². The number of aromatic nitrogens is 1. The molecule has 0 N–H and O–H groups in total. The average molecular weight is 401 g/mol. The Morgan fingerprint density at radius 2 is 1.71 bits per heavy atom. The zero-order chi connectivity index (χ0) is 20.1. The minimum atomic E-state index is -0.198. The van der Waals surface area contributed by atoms with Crippen molar-refractivity contribution < 1.29 is 19.0 Å². The van der Waals surface area contributed by atoms with E-state index in [0.717, 1.165) is 33.0 Å². The molecular formula is C21H24N2O4S. The van der Waals surface area contributed by atoms with Gasteiger partial charge in [-0.15, -0.1) is 0 Å². The first kappa shape index (κ1) is 19.9. The number of carbonyl (C=O) groups is 1. The van der Waals surface area contributed by atoms with Gasteiger partial charge in [0.05, 0.1) is 27.2 Å². The molecular weight excluding hydrogens is 376 g/mol. The number of carbonyl (C=O) groups excluding carboxylic acids is 1. The Kier molecular flexibility index (Phi) is 6.36. The number of aryl methyl sites for hydroxylation is 1. The van der Waals surface area contributed by atoms with Gasteiger partial charge in [0.25, 0.3) is 5.91 Å². The first-order chi connectivity index (χ1) is 13.6. The number of ether oxygens (including phenoxy) is 3. The molecule has 0 aliphatic carbocycles. The zero-order valence-electron chi connectivity index (χ0n) is 16.5. The summed E-state index contributed by atoms with van der Waals surface area (Å²) in [6, 6.07) is 11.3. The summed E-state index contributed by atoms with van der Waals surface area (Å²) >= 11 is 1.43. The molecule has 0 spiro atoms. The normalized spacial score (nSPS) is 11.6. The molecule has 3 rings (SSSR count). The molecule has 0 fully saturated rings. The summed E-state index contributed by atoms with van der Waals surface area (Å²) in [4.78, 5) is 17.6. The Morgan fingerprint density at radius 3 is 2.32 bits per heavy atom. The van der Waals surface area contributed by atoms with Crippen LogP contribution >= 0.6 is 11.3 Å². The molecule has 0 radical (unpaired) electrons. The molecule has 1 aromatic heterocycles. The molecule has 148 valence electrons. The third-order valence-electron chi connectivity index (χ3n) is 4.32. The van der Waals surface area contributed by atoms with Gasteiger partial charge in [-0.05, 0) is 43.7 Å². The highest BCUT2D eigenvalue weighted by molar-refractivity contribution is 7.16. The predicted molar refractivity (Wildman–Crippen MR) is 110 cm³/mol. The van der Waals surface area contributed by atoms with Gasteiger partial charge in [-0.1, -0.05) is 23.5 Å². The van der Waals surface area contributed by atoms with Crippen molar-refractivity contribution in [2.75, 3.05) is 20.8 Å². The second-order valence-corrected chi connectivity index (χ2v) is 7.01. The summed E-state index contributed by atoms with van der Waals surface area (Å²) in [5.41, 5.74) is 1.79. The summed E-state index contributed by atoms with van der Waals surface area (Å²) < 4.78 is 19.3. The number of amides is 1. The van der Waals surface area contributed by atoms with E-state index in [1.165, 1.54) is 11.3 Å². The van der Waals surface area contributed by atoms with Gasteiger partial charge < -0.3 is 18.8 Å². The molecule has 0 saturated heterocycles. The fourth-order valence-corrected chi connectivity index (χ4v) is 4.24. The Morgan fingerprint density at radius 1 is 1.04 bits per heavy atom. The fourth-order valence-electron chi connectivity index (χ4n) is 3.02. The lowest BCUT2D eigenvalue weighted by Crippen LogP contribution is -2.16.